The maximum Gasteiger partial charge on any atom is 0.330 e. The van der Waals surface area contributed by atoms with Gasteiger partial charge in [0.1, 0.15) is 6.10 Å². The predicted molar refractivity (Wildman–Crippen MR) is 157 cm³/mol. The molecule has 0 amide bonds. The SMILES string of the molecule is CO[C@H]1C(n2cc(C)c(=O)[nH]c2=O)OC(CO[Si](c2ccccc2)(c2ccccc2)C(C)(C)C)[C@H]1CI. The fourth-order valence-electron chi connectivity index (χ4n) is 5.39. The van der Waals surface area contributed by atoms with Gasteiger partial charge < -0.3 is 13.9 Å². The third kappa shape index (κ3) is 5.29. The Labute approximate surface area is 232 Å². The summed E-state index contributed by atoms with van der Waals surface area (Å²) in [6.07, 6.45) is 0.217. The van der Waals surface area contributed by atoms with Gasteiger partial charge in [-0.3, -0.25) is 14.3 Å². The van der Waals surface area contributed by atoms with Crippen molar-refractivity contribution in [3.8, 4) is 0 Å². The number of alkyl halides is 1. The molecule has 9 heteroatoms. The van der Waals surface area contributed by atoms with Crippen LogP contribution in [0.1, 0.15) is 32.6 Å². The standard InChI is InChI=1S/C28H35IN2O5Si/c1-19-17-31(27(33)30-25(19)32)26-24(34-5)22(16-29)23(36-26)18-35-37(28(2,3)4,20-12-8-6-9-13-20)21-14-10-7-11-15-21/h6-15,17,22-24,26H,16,18H2,1-5H3,(H,30,32,33)/t22-,23?,24-,26?/m1/s1. The van der Waals surface area contributed by atoms with E-state index in [-0.39, 0.29) is 23.2 Å². The molecule has 0 bridgehead atoms. The Bertz CT molecular complexity index is 1270. The number of benzene rings is 2. The number of halogens is 1. The molecule has 1 saturated heterocycles. The molecule has 1 fully saturated rings. The van der Waals surface area contributed by atoms with Crippen molar-refractivity contribution in [3.05, 3.63) is 93.3 Å². The first-order valence-corrected chi connectivity index (χ1v) is 15.9. The first-order valence-electron chi connectivity index (χ1n) is 12.5. The minimum atomic E-state index is -2.76. The molecule has 1 aromatic heterocycles. The molecule has 1 aliphatic rings. The summed E-state index contributed by atoms with van der Waals surface area (Å²) >= 11 is 2.34. The van der Waals surface area contributed by atoms with Gasteiger partial charge in [-0.2, -0.15) is 0 Å². The second-order valence-electron chi connectivity index (χ2n) is 10.5. The van der Waals surface area contributed by atoms with E-state index in [1.165, 1.54) is 14.9 Å². The van der Waals surface area contributed by atoms with E-state index in [0.717, 1.165) is 4.43 Å². The number of rotatable bonds is 8. The average Bonchev–Trinajstić information content (AvgIpc) is 3.24. The van der Waals surface area contributed by atoms with E-state index in [9.17, 15) is 9.59 Å². The maximum atomic E-state index is 12.7. The van der Waals surface area contributed by atoms with Crippen molar-refractivity contribution in [2.75, 3.05) is 18.1 Å². The number of nitrogens with one attached hydrogen (secondary N) is 1. The molecular formula is C28H35IN2O5Si. The summed E-state index contributed by atoms with van der Waals surface area (Å²) in [5, 5.41) is 2.23. The van der Waals surface area contributed by atoms with Crippen LogP contribution in [0.2, 0.25) is 5.04 Å². The van der Waals surface area contributed by atoms with Gasteiger partial charge in [0.2, 0.25) is 0 Å². The molecule has 1 N–H and O–H groups in total. The monoisotopic (exact) mass is 634 g/mol. The lowest BCUT2D eigenvalue weighted by atomic mass is 10.0. The van der Waals surface area contributed by atoms with E-state index >= 15 is 0 Å². The molecule has 2 aromatic carbocycles. The number of ether oxygens (including phenoxy) is 2. The Balaban J connectivity index is 1.74. The van der Waals surface area contributed by atoms with Gasteiger partial charge in [-0.15, -0.1) is 0 Å². The van der Waals surface area contributed by atoms with Crippen LogP contribution in [0.4, 0.5) is 0 Å². The van der Waals surface area contributed by atoms with Crippen molar-refractivity contribution < 1.29 is 13.9 Å². The lowest BCUT2D eigenvalue weighted by Crippen LogP contribution is -2.67. The topological polar surface area (TPSA) is 82.6 Å². The number of aromatic amines is 1. The van der Waals surface area contributed by atoms with Crippen LogP contribution < -0.4 is 21.6 Å². The number of H-pyrrole nitrogens is 1. The van der Waals surface area contributed by atoms with Crippen LogP contribution in [0.3, 0.4) is 0 Å². The lowest BCUT2D eigenvalue weighted by molar-refractivity contribution is -0.0611. The zero-order valence-corrected chi connectivity index (χ0v) is 25.1. The van der Waals surface area contributed by atoms with Crippen molar-refractivity contribution >= 4 is 41.3 Å². The molecule has 198 valence electrons. The number of aryl methyl sites for hydroxylation is 1. The zero-order chi connectivity index (χ0) is 26.8. The average molecular weight is 635 g/mol. The first-order chi connectivity index (χ1) is 17.6. The highest BCUT2D eigenvalue weighted by Crippen LogP contribution is 2.40. The van der Waals surface area contributed by atoms with E-state index in [1.54, 1.807) is 20.2 Å². The summed E-state index contributed by atoms with van der Waals surface area (Å²) < 4.78 is 21.7. The van der Waals surface area contributed by atoms with E-state index in [1.807, 2.05) is 12.1 Å². The lowest BCUT2D eigenvalue weighted by Gasteiger charge is -2.43. The molecule has 3 aromatic rings. The van der Waals surface area contributed by atoms with Crippen LogP contribution in [-0.4, -0.2) is 48.2 Å². The number of aromatic nitrogens is 2. The van der Waals surface area contributed by atoms with Crippen LogP contribution in [0, 0.1) is 12.8 Å². The van der Waals surface area contributed by atoms with Crippen LogP contribution in [0.5, 0.6) is 0 Å². The fraction of sp³-hybridized carbons (Fsp3) is 0.429. The summed E-state index contributed by atoms with van der Waals surface area (Å²) in [4.78, 5) is 27.1. The van der Waals surface area contributed by atoms with Crippen molar-refractivity contribution in [3.63, 3.8) is 0 Å². The van der Waals surface area contributed by atoms with Gasteiger partial charge in [0.25, 0.3) is 13.9 Å². The predicted octanol–water partition coefficient (Wildman–Crippen LogP) is 3.39. The Morgan fingerprint density at radius 1 is 1.03 bits per heavy atom. The van der Waals surface area contributed by atoms with Gasteiger partial charge in [-0.1, -0.05) is 104 Å². The number of nitrogens with zero attached hydrogens (tertiary/aromatic N) is 1. The van der Waals surface area contributed by atoms with Gasteiger partial charge in [0.15, 0.2) is 6.23 Å². The molecule has 2 heterocycles. The second kappa shape index (κ2) is 11.4. The molecule has 37 heavy (non-hydrogen) atoms. The highest BCUT2D eigenvalue weighted by Gasteiger charge is 2.52. The molecule has 2 unspecified atom stereocenters. The highest BCUT2D eigenvalue weighted by molar-refractivity contribution is 14.1. The van der Waals surface area contributed by atoms with Gasteiger partial charge in [0, 0.05) is 29.2 Å². The largest absolute Gasteiger partial charge is 0.405 e. The minimum Gasteiger partial charge on any atom is -0.405 e. The van der Waals surface area contributed by atoms with Gasteiger partial charge in [-0.05, 0) is 22.3 Å². The molecule has 7 nitrogen and oxygen atoms in total. The third-order valence-electron chi connectivity index (χ3n) is 7.25. The van der Waals surface area contributed by atoms with Crippen molar-refractivity contribution in [1.82, 2.24) is 9.55 Å². The molecule has 0 radical (unpaired) electrons. The van der Waals surface area contributed by atoms with Crippen molar-refractivity contribution in [2.45, 2.75) is 51.2 Å². The van der Waals surface area contributed by atoms with Gasteiger partial charge in [-0.25, -0.2) is 4.79 Å². The Kier molecular flexibility index (Phi) is 8.59. The smallest absolute Gasteiger partial charge is 0.330 e. The van der Waals surface area contributed by atoms with Crippen LogP contribution in [0.25, 0.3) is 0 Å². The number of hydrogen-bond donors (Lipinski definition) is 1. The summed E-state index contributed by atoms with van der Waals surface area (Å²) in [6, 6.07) is 21.0. The van der Waals surface area contributed by atoms with E-state index in [0.29, 0.717) is 12.2 Å². The quantitative estimate of drug-likeness (QED) is 0.234. The van der Waals surface area contributed by atoms with Crippen LogP contribution in [0.15, 0.2) is 76.4 Å². The molecule has 0 spiro atoms. The second-order valence-corrected chi connectivity index (χ2v) is 15.7. The van der Waals surface area contributed by atoms with E-state index in [2.05, 4.69) is 96.9 Å². The van der Waals surface area contributed by atoms with Crippen LogP contribution >= 0.6 is 22.6 Å². The first kappa shape index (κ1) is 28.0. The summed E-state index contributed by atoms with van der Waals surface area (Å²) in [5.74, 6) is -0.00653. The van der Waals surface area contributed by atoms with Gasteiger partial charge >= 0.3 is 5.69 Å². The van der Waals surface area contributed by atoms with E-state index in [4.69, 9.17) is 13.9 Å². The van der Waals surface area contributed by atoms with Gasteiger partial charge in [0.05, 0.1) is 12.7 Å². The van der Waals surface area contributed by atoms with Crippen LogP contribution in [-0.2, 0) is 13.9 Å². The normalized spacial score (nSPS) is 22.3. The Hall–Kier alpha value is -2.05. The highest BCUT2D eigenvalue weighted by atomic mass is 127. The molecule has 4 atom stereocenters. The Morgan fingerprint density at radius 3 is 2.08 bits per heavy atom. The fourth-order valence-corrected chi connectivity index (χ4v) is 11.0. The summed E-state index contributed by atoms with van der Waals surface area (Å²) in [5.41, 5.74) is -0.468. The van der Waals surface area contributed by atoms with Crippen molar-refractivity contribution in [2.24, 2.45) is 5.92 Å². The molecule has 0 saturated carbocycles. The third-order valence-corrected chi connectivity index (χ3v) is 13.3. The number of methoxy groups -OCH3 is 1. The number of hydrogen-bond acceptors (Lipinski definition) is 5. The Morgan fingerprint density at radius 2 is 1.59 bits per heavy atom. The molecule has 4 rings (SSSR count). The van der Waals surface area contributed by atoms with E-state index < -0.39 is 25.8 Å². The van der Waals surface area contributed by atoms with Crippen molar-refractivity contribution in [1.29, 1.82) is 0 Å². The molecule has 0 aliphatic carbocycles. The maximum absolute atomic E-state index is 12.7. The molecule has 1 aliphatic heterocycles. The summed E-state index contributed by atoms with van der Waals surface area (Å²) in [6.45, 7) is 8.76. The summed E-state index contributed by atoms with van der Waals surface area (Å²) in [7, 11) is -1.13. The zero-order valence-electron chi connectivity index (χ0n) is 21.9. The minimum absolute atomic E-state index is 0.00653. The molecular weight excluding hydrogens is 599 g/mol.